The molecule has 26 nitrogen and oxygen atoms in total. The Kier molecular flexibility index (Phi) is 21.2. The number of azo groups is 2. The average molecular weight is 1090 g/mol. The summed E-state index contributed by atoms with van der Waals surface area (Å²) in [7, 11) is -20.7. The van der Waals surface area contributed by atoms with Gasteiger partial charge in [0.15, 0.2) is 16.6 Å². The van der Waals surface area contributed by atoms with E-state index in [-0.39, 0.29) is 137 Å². The summed E-state index contributed by atoms with van der Waals surface area (Å²) in [5.74, 6) is -0.646. The Labute approximate surface area is 477 Å². The average Bonchev–Trinajstić information content (AvgIpc) is 3.69. The zero-order valence-corrected chi connectivity index (χ0v) is 43.6. The Balaban J connectivity index is 0.00000371. The summed E-state index contributed by atoms with van der Waals surface area (Å²) in [6.07, 6.45) is 0. The van der Waals surface area contributed by atoms with E-state index in [9.17, 15) is 72.1 Å². The Morgan fingerprint density at radius 2 is 1.13 bits per heavy atom. The topological polar surface area (TPSA) is 424 Å². The zero-order valence-electron chi connectivity index (χ0n) is 39.5. The molecule has 364 valence electrons. The Bertz CT molecular complexity index is 3940. The summed E-state index contributed by atoms with van der Waals surface area (Å²) >= 11 is 0.699. The van der Waals surface area contributed by atoms with Gasteiger partial charge in [0.25, 0.3) is 5.69 Å². The van der Waals surface area contributed by atoms with Gasteiger partial charge in [-0.2, -0.15) is 5.26 Å². The van der Waals surface area contributed by atoms with Gasteiger partial charge in [-0.1, -0.05) is 23.5 Å². The van der Waals surface area contributed by atoms with Gasteiger partial charge in [0.2, 0.25) is 11.0 Å². The van der Waals surface area contributed by atoms with E-state index in [0.717, 1.165) is 30.3 Å². The van der Waals surface area contributed by atoms with E-state index in [2.05, 4.69) is 46.4 Å². The van der Waals surface area contributed by atoms with Crippen LogP contribution in [0.4, 0.5) is 55.9 Å². The van der Waals surface area contributed by atoms with Gasteiger partial charge in [-0.25, -0.2) is 43.6 Å². The van der Waals surface area contributed by atoms with Crippen LogP contribution in [-0.4, -0.2) is 72.7 Å². The summed E-state index contributed by atoms with van der Waals surface area (Å²) in [4.78, 5) is 27.7. The molecule has 0 spiro atoms. The second-order valence-corrected chi connectivity index (χ2v) is 20.8. The van der Waals surface area contributed by atoms with Gasteiger partial charge >= 0.3 is 75.4 Å². The van der Waals surface area contributed by atoms with Crippen molar-refractivity contribution in [3.8, 4) is 17.3 Å². The number of thiazole rings is 1. The number of carbonyl (C=O) groups excluding carboxylic acids is 1. The fourth-order valence-corrected chi connectivity index (χ4v) is 9.55. The Hall–Kier alpha value is -5.67. The van der Waals surface area contributed by atoms with Crippen LogP contribution in [0.25, 0.3) is 22.0 Å². The van der Waals surface area contributed by atoms with E-state index < -0.39 is 87.1 Å². The number of nitro benzene ring substituents is 1. The third-order valence-electron chi connectivity index (χ3n) is 9.62. The zero-order chi connectivity index (χ0) is 51.8. The molecule has 35 heteroatoms. The van der Waals surface area contributed by atoms with Crippen molar-refractivity contribution < 1.29 is 137 Å². The summed E-state index contributed by atoms with van der Waals surface area (Å²) in [5, 5.41) is 45.3. The number of rotatable bonds is 15. The van der Waals surface area contributed by atoms with Crippen LogP contribution in [-0.2, 0) is 45.3 Å². The van der Waals surface area contributed by atoms with Crippen molar-refractivity contribution in [1.82, 2.24) is 9.97 Å². The number of pyridine rings is 1. The molecule has 2 heterocycles. The van der Waals surface area contributed by atoms with Crippen LogP contribution in [0.1, 0.15) is 18.1 Å². The van der Waals surface area contributed by atoms with Crippen molar-refractivity contribution in [2.45, 2.75) is 33.4 Å². The summed E-state index contributed by atoms with van der Waals surface area (Å²) < 4.78 is 144. The number of fused-ring (bicyclic) bond motifs is 1. The number of amides is 1. The number of non-ortho nitro benzene ring substituents is 1. The maximum absolute atomic E-state index is 12.4. The second-order valence-electron chi connectivity index (χ2n) is 14.4. The van der Waals surface area contributed by atoms with Gasteiger partial charge in [0, 0.05) is 58.0 Å². The van der Waals surface area contributed by atoms with Gasteiger partial charge in [-0.05, 0) is 79.7 Å². The van der Waals surface area contributed by atoms with Crippen molar-refractivity contribution in [3.63, 3.8) is 0 Å². The van der Waals surface area contributed by atoms with Crippen LogP contribution in [0.5, 0.6) is 0 Å². The Morgan fingerprint density at radius 1 is 0.640 bits per heavy atom. The molecule has 0 bridgehead atoms. The summed E-state index contributed by atoms with van der Waals surface area (Å²) in [6.45, 7) is 2.73. The van der Waals surface area contributed by atoms with Crippen molar-refractivity contribution >= 4 is 124 Å². The molecule has 2 aromatic heterocycles. The minimum Gasteiger partial charge on any atom is -0.744 e. The molecule has 0 aliphatic carbocycles. The molecule has 75 heavy (non-hydrogen) atoms. The number of hydrogen-bond donors (Lipinski definition) is 3. The third-order valence-corrected chi connectivity index (χ3v) is 13.9. The number of anilines is 5. The van der Waals surface area contributed by atoms with Crippen molar-refractivity contribution in [3.05, 3.63) is 118 Å². The number of nitrogens with one attached hydrogen (secondary N) is 3. The maximum Gasteiger partial charge on any atom is 1.00 e. The molecule has 0 fully saturated rings. The first kappa shape index (κ1) is 63.6. The number of benzene rings is 5. The molecule has 0 aliphatic rings. The number of nitro groups is 1. The second kappa shape index (κ2) is 25.0. The first-order valence-corrected chi connectivity index (χ1v) is 25.7. The predicted octanol–water partition coefficient (Wildman–Crippen LogP) is -4.64. The van der Waals surface area contributed by atoms with Gasteiger partial charge in [0.05, 0.1) is 35.8 Å². The molecule has 1 amide bonds. The monoisotopic (exact) mass is 1090 g/mol. The van der Waals surface area contributed by atoms with Crippen LogP contribution in [0.2, 0.25) is 0 Å². The van der Waals surface area contributed by atoms with E-state index in [0.29, 0.717) is 40.8 Å². The van der Waals surface area contributed by atoms with E-state index in [4.69, 9.17) is 0 Å². The molecule has 5 aromatic carbocycles. The first-order chi connectivity index (χ1) is 33.2. The van der Waals surface area contributed by atoms with Gasteiger partial charge in [0.1, 0.15) is 57.9 Å². The molecule has 7 aromatic rings. The summed E-state index contributed by atoms with van der Waals surface area (Å²) in [5.41, 5.74) is -0.605. The van der Waals surface area contributed by atoms with Crippen LogP contribution in [0.3, 0.4) is 0 Å². The minimum absolute atomic E-state index is 0. The standard InChI is InChI=1S/C40H29N11O15S5.4Li/c1-20-32(19-41)37(43-24-7-11-28(12-8-24)68(55,56)57)46-38(44-25-9-13-29(14-10-25)69(58,59)60)35(20)48-50-40-45-36(22-3-5-23(6-4-22)42-21(2)52)39(67-40)49-47-26-15-30-31(33(16-26)70(61,62)63)17-27(51(53)54)18-34(30)71(64,65)66;;;;/h3-18H,1-2H3,(H,42,52)(H2,43,44,46)(H,55,56,57)(H,58,59,60)(H,61,62,63)(H,64,65,66);;;;/q;4*+1/p-4. The third kappa shape index (κ3) is 15.3. The molecular formula is C40H25Li4N11O15S5. The fourth-order valence-electron chi connectivity index (χ4n) is 6.47. The molecule has 0 aliphatic heterocycles. The van der Waals surface area contributed by atoms with E-state index in [1.807, 2.05) is 6.07 Å². The van der Waals surface area contributed by atoms with E-state index >= 15 is 0 Å². The van der Waals surface area contributed by atoms with Crippen LogP contribution in [0.15, 0.2) is 137 Å². The summed E-state index contributed by atoms with van der Waals surface area (Å²) in [6, 6.07) is 19.5. The largest absolute Gasteiger partial charge is 1.00 e. The molecule has 7 rings (SSSR count). The number of carbonyl (C=O) groups is 1. The molecular weight excluding hydrogens is 1060 g/mol. The van der Waals surface area contributed by atoms with E-state index in [1.165, 1.54) is 62.4 Å². The predicted molar refractivity (Wildman–Crippen MR) is 246 cm³/mol. The van der Waals surface area contributed by atoms with Gasteiger partial charge in [-0.15, -0.1) is 20.5 Å². The molecule has 0 saturated carbocycles. The van der Waals surface area contributed by atoms with Gasteiger partial charge in [-0.3, -0.25) is 14.9 Å². The quantitative estimate of drug-likeness (QED) is 0.0286. The smallest absolute Gasteiger partial charge is 0.744 e. The molecule has 0 unspecified atom stereocenters. The van der Waals surface area contributed by atoms with E-state index in [1.54, 1.807) is 0 Å². The minimum atomic E-state index is -5.54. The molecule has 0 saturated heterocycles. The fraction of sp³-hybridized carbons (Fsp3) is 0.0500. The maximum atomic E-state index is 12.4. The molecule has 0 radical (unpaired) electrons. The SMILES string of the molecule is CC(=O)Nc1ccc(-c2nc(N=Nc3c(Nc4ccc(S(=O)(=O)[O-])cc4)nc(Nc4ccc(S(=O)(=O)[O-])cc4)c(C#N)c3C)sc2N=Nc2cc(S(=O)(=O)[O-])c3cc([N+](=O)[O-])cc(S(=O)(=O)[O-])c3c2)cc1.[Li+].[Li+].[Li+].[Li+]. The number of aromatic nitrogens is 2. The van der Waals surface area contributed by atoms with Crippen LogP contribution < -0.4 is 91.4 Å². The van der Waals surface area contributed by atoms with Crippen molar-refractivity contribution in [1.29, 1.82) is 5.26 Å². The Morgan fingerprint density at radius 3 is 1.61 bits per heavy atom. The normalized spacial score (nSPS) is 11.6. The number of nitrogens with zero attached hydrogens (tertiary/aromatic N) is 8. The van der Waals surface area contributed by atoms with Crippen molar-refractivity contribution in [2.24, 2.45) is 20.5 Å². The van der Waals surface area contributed by atoms with Crippen LogP contribution in [0, 0.1) is 28.4 Å². The molecule has 0 atom stereocenters. The van der Waals surface area contributed by atoms with Crippen LogP contribution >= 0.6 is 11.3 Å². The van der Waals surface area contributed by atoms with Gasteiger partial charge < -0.3 is 34.2 Å². The first-order valence-electron chi connectivity index (χ1n) is 19.2. The molecule has 3 N–H and O–H groups in total. The number of hydrogen-bond acceptors (Lipinski definition) is 25. The number of nitriles is 1. The van der Waals surface area contributed by atoms with Crippen molar-refractivity contribution in [2.75, 3.05) is 16.0 Å².